The van der Waals surface area contributed by atoms with Crippen molar-refractivity contribution >= 4 is 91.2 Å². The first-order valence-corrected chi connectivity index (χ1v) is 0.983. The summed E-state index contributed by atoms with van der Waals surface area (Å²) in [6.45, 7) is 0. The Morgan fingerprint density at radius 1 is 1.12 bits per heavy atom. The molecule has 0 aromatic carbocycles. The second kappa shape index (κ2) is 6.60. The van der Waals surface area contributed by atoms with E-state index in [1.54, 1.807) is 0 Å². The summed E-state index contributed by atoms with van der Waals surface area (Å²) in [4.78, 5) is 6.57. The van der Waals surface area contributed by atoms with Crippen LogP contribution in [0.1, 0.15) is 0 Å². The molecule has 44 valence electrons. The first-order chi connectivity index (χ1) is 2.21. The molecule has 0 saturated carbocycles. The van der Waals surface area contributed by atoms with E-state index in [4.69, 9.17) is 0 Å². The predicted octanol–water partition coefficient (Wildman–Crippen LogP) is -5.20. The third-order valence-electron chi connectivity index (χ3n) is 0.219. The van der Waals surface area contributed by atoms with Crippen LogP contribution in [0.2, 0.25) is 0 Å². The van der Waals surface area contributed by atoms with Gasteiger partial charge in [0.2, 0.25) is 0 Å². The molecule has 0 aromatic rings. The molecule has 0 spiro atoms. The summed E-state index contributed by atoms with van der Waals surface area (Å²) in [5.41, 5.74) is 0. The summed E-state index contributed by atoms with van der Waals surface area (Å²) in [5.74, 6) is 0. The molecule has 1 saturated heterocycles. The van der Waals surface area contributed by atoms with Gasteiger partial charge in [0.15, 0.2) is 0 Å². The van der Waals surface area contributed by atoms with Crippen LogP contribution < -0.4 is 10.2 Å². The maximum atomic E-state index is 9.22. The third-order valence-corrected chi connectivity index (χ3v) is 0.219. The number of rotatable bonds is 0. The van der Waals surface area contributed by atoms with Gasteiger partial charge in [-0.2, -0.15) is 0 Å². The van der Waals surface area contributed by atoms with Crippen LogP contribution in [0.15, 0.2) is 0 Å². The molecule has 0 amide bonds. The van der Waals surface area contributed by atoms with Crippen molar-refractivity contribution in [1.82, 2.24) is 0 Å². The van der Waals surface area contributed by atoms with Gasteiger partial charge in [0, 0.05) is 0 Å². The Kier molecular flexibility index (Phi) is 14.1. The molecule has 0 aromatic heterocycles. The Morgan fingerprint density at radius 2 is 1.25 bits per heavy atom. The predicted molar refractivity (Wildman–Crippen MR) is 29.1 cm³/mol. The van der Waals surface area contributed by atoms with E-state index in [-0.39, 0.29) is 91.2 Å². The quantitative estimate of drug-likeness (QED) is 0.134. The zero-order chi connectivity index (χ0) is 3.91. The van der Waals surface area contributed by atoms with Gasteiger partial charge in [-0.1, -0.05) is 0 Å². The van der Waals surface area contributed by atoms with Gasteiger partial charge in [-0.25, -0.2) is 9.78 Å². The van der Waals surface area contributed by atoms with Gasteiger partial charge in [-0.05, 0) is 0 Å². The molecule has 1 fully saturated rings. The second-order valence-corrected chi connectivity index (χ2v) is 0.667. The Hall–Kier alpha value is 2.90. The van der Waals surface area contributed by atoms with Gasteiger partial charge in [0.05, 0.1) is 6.16 Å². The van der Waals surface area contributed by atoms with E-state index in [2.05, 4.69) is 9.78 Å². The molecule has 0 bridgehead atoms. The molecule has 0 atom stereocenters. The fraction of sp³-hybridized carbons (Fsp3) is 1.00. The van der Waals surface area contributed by atoms with E-state index in [1.807, 2.05) is 0 Å². The van der Waals surface area contributed by atoms with Crippen LogP contribution in [0.3, 0.4) is 0 Å². The van der Waals surface area contributed by atoms with E-state index in [9.17, 15) is 10.2 Å². The topological polar surface area (TPSA) is 71.2 Å². The minimum absolute atomic E-state index is 0. The Bertz CT molecular complexity index is 54.0. The van der Waals surface area contributed by atoms with Crippen LogP contribution in [0, 0.1) is 0 Å². The summed E-state index contributed by atoms with van der Waals surface area (Å²) in [5, 5.41) is 18.4. The van der Waals surface area contributed by atoms with E-state index in [1.165, 1.54) is 0 Å². The van der Waals surface area contributed by atoms with Crippen molar-refractivity contribution in [3.8, 4) is 0 Å². The summed E-state index contributed by atoms with van der Waals surface area (Å²) >= 11 is 0. The van der Waals surface area contributed by atoms with Crippen molar-refractivity contribution in [1.29, 1.82) is 0 Å². The third kappa shape index (κ3) is 8.90. The molecule has 1 aliphatic heterocycles. The zero-order valence-corrected chi connectivity index (χ0v) is 17.5. The monoisotopic (exact) mass is 538 g/mol. The number of hydrogen-bond acceptors (Lipinski definition) is 4. The first-order valence-electron chi connectivity index (χ1n) is 0.983. The molecule has 1 rings (SSSR count). The molecular weight excluding hydrogens is 532 g/mol. The summed E-state index contributed by atoms with van der Waals surface area (Å²) < 4.78 is 0. The van der Waals surface area contributed by atoms with E-state index in [0.717, 1.165) is 0 Å². The molecule has 0 unspecified atom stereocenters. The standard InChI is InChI=1S/CO4.Bi.Ca.Pb.5H/c2-1(3)4-5-1;;;;;;;;/q-2;;+2;;;;;;. The van der Waals surface area contributed by atoms with Crippen LogP contribution in [0.25, 0.3) is 0 Å². The molecule has 2 radical (unpaired) electrons. The van der Waals surface area contributed by atoms with Gasteiger partial charge in [0.1, 0.15) is 0 Å². The van der Waals surface area contributed by atoms with Crippen LogP contribution in [0.5, 0.6) is 0 Å². The SMILES string of the molecule is [BiH3].[Ca+2].[O-]C1([O-])OO1.[PbH2]. The molecule has 1 aliphatic rings. The van der Waals surface area contributed by atoms with Crippen LogP contribution in [-0.2, 0) is 9.78 Å². The van der Waals surface area contributed by atoms with E-state index >= 15 is 0 Å². The molecule has 4 nitrogen and oxygen atoms in total. The maximum absolute atomic E-state index is 9.22. The summed E-state index contributed by atoms with van der Waals surface area (Å²) in [6, 6.07) is 0. The second-order valence-electron chi connectivity index (χ2n) is 0.667. The van der Waals surface area contributed by atoms with Crippen LogP contribution in [0.4, 0.5) is 0 Å². The Morgan fingerprint density at radius 3 is 1.25 bits per heavy atom. The van der Waals surface area contributed by atoms with Crippen LogP contribution in [-0.4, -0.2) is 97.4 Å². The molecular formula is CH5BiCaO4Pb. The van der Waals surface area contributed by atoms with Gasteiger partial charge < -0.3 is 10.2 Å². The molecule has 1 heterocycles. The van der Waals surface area contributed by atoms with Crippen molar-refractivity contribution in [2.75, 3.05) is 0 Å². The van der Waals surface area contributed by atoms with Gasteiger partial charge in [0.25, 0.3) is 0 Å². The Balaban J connectivity index is -0.0000000833. The average Bonchev–Trinajstić information content (AvgIpc) is 1.76. The van der Waals surface area contributed by atoms with Crippen molar-refractivity contribution in [2.24, 2.45) is 0 Å². The molecule has 0 N–H and O–H groups in total. The van der Waals surface area contributed by atoms with Gasteiger partial charge in [-0.3, -0.25) is 0 Å². The van der Waals surface area contributed by atoms with Crippen molar-refractivity contribution in [2.45, 2.75) is 6.16 Å². The van der Waals surface area contributed by atoms with Crippen molar-refractivity contribution in [3.63, 3.8) is 0 Å². The van der Waals surface area contributed by atoms with Gasteiger partial charge in [-0.15, -0.1) is 0 Å². The minimum atomic E-state index is -2.75. The first kappa shape index (κ1) is 17.1. The molecule has 7 heteroatoms. The zero-order valence-electron chi connectivity index (χ0n) is 4.25. The fourth-order valence-corrected chi connectivity index (χ4v) is 0.0340. The number of hydrogen-bond donors (Lipinski definition) is 0. The molecule has 8 heavy (non-hydrogen) atoms. The van der Waals surface area contributed by atoms with E-state index < -0.39 is 6.16 Å². The molecule has 0 aliphatic carbocycles. The van der Waals surface area contributed by atoms with Crippen molar-refractivity contribution in [3.05, 3.63) is 0 Å². The van der Waals surface area contributed by atoms with E-state index in [0.29, 0.717) is 0 Å². The van der Waals surface area contributed by atoms with Crippen LogP contribution >= 0.6 is 0 Å². The summed E-state index contributed by atoms with van der Waals surface area (Å²) in [7, 11) is 0. The van der Waals surface area contributed by atoms with Gasteiger partial charge >= 0.3 is 91.2 Å². The average molecular weight is 537 g/mol. The van der Waals surface area contributed by atoms with Crippen molar-refractivity contribution < 1.29 is 20.0 Å². The normalized spacial score (nSPS) is 18.8. The summed E-state index contributed by atoms with van der Waals surface area (Å²) in [6.07, 6.45) is -2.75. The Labute approximate surface area is 115 Å². The fourth-order valence-electron chi connectivity index (χ4n) is 0.0340.